The van der Waals surface area contributed by atoms with Crippen molar-refractivity contribution in [2.24, 2.45) is 5.92 Å². The lowest BCUT2D eigenvalue weighted by Crippen LogP contribution is -2.38. The number of carboxylic acids is 1. The summed E-state index contributed by atoms with van der Waals surface area (Å²) >= 11 is 13.1. The Morgan fingerprint density at radius 2 is 1.95 bits per heavy atom. The van der Waals surface area contributed by atoms with Crippen molar-refractivity contribution in [3.05, 3.63) is 64.4 Å². The minimum Gasteiger partial charge on any atom is -0.489 e. The standard InChI is InChI=1S/C27H24Cl2N4O4/c1-27(8-9-27)37-25-22-24(30-14-31-25)33(13-15-4-2-5-17(28)10-15)23(32-22)19-6-3-7-20(21(19)29)36-18-11-16(12-18)26(34)35/h2-7,10,14,16,18H,8-9,11-13H2,1H3,(H,34,35). The van der Waals surface area contributed by atoms with E-state index in [4.69, 9.17) is 37.7 Å². The van der Waals surface area contributed by atoms with Gasteiger partial charge in [-0.15, -0.1) is 0 Å². The second-order valence-corrected chi connectivity index (χ2v) is 10.7. The molecular weight excluding hydrogens is 515 g/mol. The number of carboxylic acid groups (broad SMARTS) is 1. The Kier molecular flexibility index (Phi) is 5.96. The van der Waals surface area contributed by atoms with Crippen LogP contribution in [0.5, 0.6) is 11.6 Å². The molecule has 8 nitrogen and oxygen atoms in total. The Morgan fingerprint density at radius 3 is 2.68 bits per heavy atom. The lowest BCUT2D eigenvalue weighted by atomic mass is 9.82. The Morgan fingerprint density at radius 1 is 1.16 bits per heavy atom. The molecule has 0 radical (unpaired) electrons. The average molecular weight is 539 g/mol. The molecule has 2 aromatic heterocycles. The quantitative estimate of drug-likeness (QED) is 0.292. The van der Waals surface area contributed by atoms with Gasteiger partial charge < -0.3 is 19.1 Å². The molecule has 1 N–H and O–H groups in total. The van der Waals surface area contributed by atoms with Crippen LogP contribution in [0.15, 0.2) is 48.8 Å². The van der Waals surface area contributed by atoms with Crippen molar-refractivity contribution < 1.29 is 19.4 Å². The normalized spacial score (nSPS) is 19.9. The number of ether oxygens (including phenoxy) is 2. The highest BCUT2D eigenvalue weighted by molar-refractivity contribution is 6.34. The highest BCUT2D eigenvalue weighted by Gasteiger charge is 2.41. The Bertz CT molecular complexity index is 1510. The van der Waals surface area contributed by atoms with Crippen molar-refractivity contribution in [1.29, 1.82) is 0 Å². The molecule has 2 aromatic carbocycles. The van der Waals surface area contributed by atoms with Gasteiger partial charge in [-0.05, 0) is 62.4 Å². The van der Waals surface area contributed by atoms with E-state index < -0.39 is 5.97 Å². The first-order chi connectivity index (χ1) is 17.8. The van der Waals surface area contributed by atoms with Crippen molar-refractivity contribution in [3.63, 3.8) is 0 Å². The molecule has 37 heavy (non-hydrogen) atoms. The van der Waals surface area contributed by atoms with Gasteiger partial charge in [-0.2, -0.15) is 4.98 Å². The lowest BCUT2D eigenvalue weighted by molar-refractivity contribution is -0.147. The van der Waals surface area contributed by atoms with E-state index in [9.17, 15) is 9.90 Å². The Balaban J connectivity index is 1.42. The molecule has 2 fully saturated rings. The predicted octanol–water partition coefficient (Wildman–Crippen LogP) is 6.02. The van der Waals surface area contributed by atoms with Crippen LogP contribution < -0.4 is 9.47 Å². The van der Waals surface area contributed by atoms with E-state index in [0.29, 0.717) is 63.6 Å². The number of aromatic nitrogens is 4. The van der Waals surface area contributed by atoms with Gasteiger partial charge in [-0.25, -0.2) is 9.97 Å². The number of nitrogens with zero attached hydrogens (tertiary/aromatic N) is 4. The van der Waals surface area contributed by atoms with E-state index in [1.54, 1.807) is 6.07 Å². The second kappa shape index (κ2) is 9.19. The third-order valence-corrected chi connectivity index (χ3v) is 7.59. The summed E-state index contributed by atoms with van der Waals surface area (Å²) in [7, 11) is 0. The molecule has 6 rings (SSSR count). The first-order valence-electron chi connectivity index (χ1n) is 12.1. The highest BCUT2D eigenvalue weighted by atomic mass is 35.5. The van der Waals surface area contributed by atoms with Gasteiger partial charge in [0.2, 0.25) is 5.88 Å². The number of hydrogen-bond acceptors (Lipinski definition) is 6. The summed E-state index contributed by atoms with van der Waals surface area (Å²) in [5, 5.41) is 10.2. The molecule has 0 spiro atoms. The average Bonchev–Trinajstić information content (AvgIpc) is 3.45. The number of fused-ring (bicyclic) bond motifs is 1. The Hall–Kier alpha value is -3.36. The van der Waals surface area contributed by atoms with Crippen molar-refractivity contribution in [2.75, 3.05) is 0 Å². The highest BCUT2D eigenvalue weighted by Crippen LogP contribution is 2.43. The molecule has 10 heteroatoms. The van der Waals surface area contributed by atoms with Gasteiger partial charge >= 0.3 is 5.97 Å². The van der Waals surface area contributed by atoms with Gasteiger partial charge in [0, 0.05) is 10.6 Å². The van der Waals surface area contributed by atoms with Crippen LogP contribution in [0.3, 0.4) is 0 Å². The van der Waals surface area contributed by atoms with Crippen molar-refractivity contribution in [3.8, 4) is 23.0 Å². The molecular formula is C27H24Cl2N4O4. The fourth-order valence-corrected chi connectivity index (χ4v) is 4.96. The second-order valence-electron chi connectivity index (χ2n) is 9.92. The number of halogens is 2. The van der Waals surface area contributed by atoms with Crippen LogP contribution in [-0.4, -0.2) is 42.3 Å². The number of carbonyl (C=O) groups is 1. The van der Waals surface area contributed by atoms with Crippen LogP contribution in [0.25, 0.3) is 22.6 Å². The summed E-state index contributed by atoms with van der Waals surface area (Å²) in [4.78, 5) is 25.0. The van der Waals surface area contributed by atoms with Gasteiger partial charge in [0.1, 0.15) is 29.6 Å². The molecule has 2 aliphatic carbocycles. The maximum Gasteiger partial charge on any atom is 0.306 e. The molecule has 0 aliphatic heterocycles. The smallest absolute Gasteiger partial charge is 0.306 e. The van der Waals surface area contributed by atoms with Gasteiger partial charge in [0.05, 0.1) is 17.5 Å². The molecule has 0 unspecified atom stereocenters. The van der Waals surface area contributed by atoms with E-state index in [1.807, 2.05) is 41.0 Å². The van der Waals surface area contributed by atoms with E-state index >= 15 is 0 Å². The SMILES string of the molecule is CC1(Oc2ncnc3c2nc(-c2cccc(OC4CC(C(=O)O)C4)c2Cl)n3Cc2cccc(Cl)c2)CC1. The number of benzene rings is 2. The van der Waals surface area contributed by atoms with Crippen molar-refractivity contribution in [1.82, 2.24) is 19.5 Å². The fraction of sp³-hybridized carbons (Fsp3) is 0.333. The molecule has 4 aromatic rings. The van der Waals surface area contributed by atoms with Crippen molar-refractivity contribution >= 4 is 40.3 Å². The van der Waals surface area contributed by atoms with Gasteiger partial charge in [0.25, 0.3) is 0 Å². The van der Waals surface area contributed by atoms with E-state index in [-0.39, 0.29) is 17.6 Å². The number of rotatable bonds is 8. The molecule has 0 amide bonds. The number of hydrogen-bond donors (Lipinski definition) is 1. The molecule has 2 saturated carbocycles. The third-order valence-electron chi connectivity index (χ3n) is 6.97. The van der Waals surface area contributed by atoms with Crippen LogP contribution in [-0.2, 0) is 11.3 Å². The molecule has 190 valence electrons. The summed E-state index contributed by atoms with van der Waals surface area (Å²) in [6, 6.07) is 13.1. The number of imidazole rings is 1. The van der Waals surface area contributed by atoms with Crippen LogP contribution in [0.2, 0.25) is 10.0 Å². The molecule has 2 aliphatic rings. The minimum absolute atomic E-state index is 0.190. The largest absolute Gasteiger partial charge is 0.489 e. The van der Waals surface area contributed by atoms with E-state index in [1.165, 1.54) is 6.33 Å². The number of aliphatic carboxylic acids is 1. The van der Waals surface area contributed by atoms with Gasteiger partial charge in [-0.1, -0.05) is 41.4 Å². The lowest BCUT2D eigenvalue weighted by Gasteiger charge is -2.32. The maximum atomic E-state index is 11.2. The summed E-state index contributed by atoms with van der Waals surface area (Å²) in [5.41, 5.74) is 2.58. The van der Waals surface area contributed by atoms with Gasteiger partial charge in [-0.3, -0.25) is 4.79 Å². The molecule has 2 heterocycles. The molecule has 0 saturated heterocycles. The first-order valence-corrected chi connectivity index (χ1v) is 12.9. The summed E-state index contributed by atoms with van der Waals surface area (Å²) in [5.74, 6) is 0.345. The van der Waals surface area contributed by atoms with Gasteiger partial charge in [0.15, 0.2) is 11.2 Å². The summed E-state index contributed by atoms with van der Waals surface area (Å²) in [6.07, 6.45) is 4.13. The maximum absolute atomic E-state index is 11.2. The monoisotopic (exact) mass is 538 g/mol. The zero-order valence-electron chi connectivity index (χ0n) is 20.0. The van der Waals surface area contributed by atoms with E-state index in [0.717, 1.165) is 18.4 Å². The first kappa shape index (κ1) is 24.0. The van der Waals surface area contributed by atoms with E-state index in [2.05, 4.69) is 16.9 Å². The molecule has 0 atom stereocenters. The van der Waals surface area contributed by atoms with Crippen LogP contribution in [0, 0.1) is 5.92 Å². The molecule has 0 bridgehead atoms. The zero-order valence-corrected chi connectivity index (χ0v) is 21.5. The predicted molar refractivity (Wildman–Crippen MR) is 139 cm³/mol. The fourth-order valence-electron chi connectivity index (χ4n) is 4.49. The Labute approximate surface area is 223 Å². The summed E-state index contributed by atoms with van der Waals surface area (Å²) < 4.78 is 14.2. The summed E-state index contributed by atoms with van der Waals surface area (Å²) in [6.45, 7) is 2.50. The van der Waals surface area contributed by atoms with Crippen LogP contribution in [0.1, 0.15) is 38.2 Å². The van der Waals surface area contributed by atoms with Crippen LogP contribution >= 0.6 is 23.2 Å². The van der Waals surface area contributed by atoms with Crippen molar-refractivity contribution in [2.45, 2.75) is 50.9 Å². The van der Waals surface area contributed by atoms with Crippen LogP contribution in [0.4, 0.5) is 0 Å². The zero-order chi connectivity index (χ0) is 25.7. The minimum atomic E-state index is -0.798. The third kappa shape index (κ3) is 4.71. The topological polar surface area (TPSA) is 99.4 Å².